The second-order valence-corrected chi connectivity index (χ2v) is 9.06. The summed E-state index contributed by atoms with van der Waals surface area (Å²) < 4.78 is 0. The average Bonchev–Trinajstić information content (AvgIpc) is 2.12. The summed E-state index contributed by atoms with van der Waals surface area (Å²) in [5.74, 6) is 2.00. The number of rotatable bonds is 2. The first-order valence-electron chi connectivity index (χ1n) is 3.18. The molecular formula is C6H11NS3. The van der Waals surface area contributed by atoms with Gasteiger partial charge >= 0.3 is 0 Å². The van der Waals surface area contributed by atoms with Gasteiger partial charge in [0.1, 0.15) is 0 Å². The summed E-state index contributed by atoms with van der Waals surface area (Å²) in [6.07, 6.45) is 1.91. The Labute approximate surface area is 71.9 Å². The molecule has 0 aromatic heterocycles. The van der Waals surface area contributed by atoms with E-state index in [1.165, 1.54) is 0 Å². The number of nitrogens with zero attached hydrogens (tertiary/aromatic N) is 1. The van der Waals surface area contributed by atoms with Gasteiger partial charge in [0.25, 0.3) is 0 Å². The van der Waals surface area contributed by atoms with Gasteiger partial charge in [-0.05, 0) is 22.4 Å². The molecule has 0 amide bonds. The second kappa shape index (κ2) is 3.26. The lowest BCUT2D eigenvalue weighted by molar-refractivity contribution is 0.396. The Bertz CT molecular complexity index is 217. The van der Waals surface area contributed by atoms with E-state index < -0.39 is 7.15 Å². The van der Waals surface area contributed by atoms with Crippen LogP contribution in [0.3, 0.4) is 0 Å². The highest BCUT2D eigenvalue weighted by atomic mass is 33.1. The van der Waals surface area contributed by atoms with Crippen molar-refractivity contribution in [3.05, 3.63) is 12.7 Å². The fourth-order valence-corrected chi connectivity index (χ4v) is 3.80. The van der Waals surface area contributed by atoms with Crippen molar-refractivity contribution in [1.82, 2.24) is 4.90 Å². The van der Waals surface area contributed by atoms with Crippen LogP contribution >= 0.6 is 0 Å². The van der Waals surface area contributed by atoms with E-state index in [1.54, 1.807) is 0 Å². The maximum atomic E-state index is 5.22. The zero-order valence-corrected chi connectivity index (χ0v) is 8.23. The largest absolute Gasteiger partial charge is 0.289 e. The van der Waals surface area contributed by atoms with E-state index >= 15 is 0 Å². The van der Waals surface area contributed by atoms with E-state index in [9.17, 15) is 0 Å². The molecule has 0 unspecified atom stereocenters. The van der Waals surface area contributed by atoms with E-state index in [4.69, 9.17) is 22.4 Å². The maximum Gasteiger partial charge on any atom is 0.0535 e. The van der Waals surface area contributed by atoms with Gasteiger partial charge < -0.3 is 0 Å². The molecule has 0 aromatic carbocycles. The fraction of sp³-hybridized carbons (Fsp3) is 0.667. The Balaban J connectivity index is 2.51. The van der Waals surface area contributed by atoms with Gasteiger partial charge in [-0.2, -0.15) is 0 Å². The van der Waals surface area contributed by atoms with Crippen LogP contribution in [0.5, 0.6) is 0 Å². The Hall–Kier alpha value is 0.490. The molecule has 0 aliphatic carbocycles. The molecule has 0 saturated carbocycles. The highest BCUT2D eigenvalue weighted by Crippen LogP contribution is 2.07. The molecule has 0 aromatic rings. The van der Waals surface area contributed by atoms with Crippen molar-refractivity contribution >= 4 is 29.5 Å². The summed E-state index contributed by atoms with van der Waals surface area (Å²) in [6, 6.07) is 0. The normalized spacial score (nSPS) is 24.8. The smallest absolute Gasteiger partial charge is 0.0535 e. The summed E-state index contributed by atoms with van der Waals surface area (Å²) in [4.78, 5) is 2.28. The van der Waals surface area contributed by atoms with Crippen LogP contribution in [0.1, 0.15) is 0 Å². The lowest BCUT2D eigenvalue weighted by Gasteiger charge is -2.09. The van der Waals surface area contributed by atoms with Crippen molar-refractivity contribution < 1.29 is 0 Å². The number of hydrogen-bond donors (Lipinski definition) is 0. The van der Waals surface area contributed by atoms with Gasteiger partial charge in [-0.3, -0.25) is 4.90 Å². The summed E-state index contributed by atoms with van der Waals surface area (Å²) in [5, 5.41) is 0. The molecule has 10 heavy (non-hydrogen) atoms. The van der Waals surface area contributed by atoms with Crippen molar-refractivity contribution in [1.29, 1.82) is 0 Å². The highest BCUT2D eigenvalue weighted by Gasteiger charge is 2.17. The van der Waals surface area contributed by atoms with Gasteiger partial charge in [0, 0.05) is 18.8 Å². The monoisotopic (exact) mass is 193 g/mol. The van der Waals surface area contributed by atoms with Crippen LogP contribution in [0.15, 0.2) is 12.7 Å². The van der Waals surface area contributed by atoms with Crippen LogP contribution in [0.2, 0.25) is 0 Å². The van der Waals surface area contributed by atoms with Crippen LogP contribution in [0.4, 0.5) is 0 Å². The minimum atomic E-state index is -1.07. The SMILES string of the molecule is C=CCN1CCS(=S)(=S)C1. The molecule has 0 spiro atoms. The zero-order valence-electron chi connectivity index (χ0n) is 5.78. The van der Waals surface area contributed by atoms with E-state index in [0.717, 1.165) is 24.7 Å². The Morgan fingerprint density at radius 2 is 2.30 bits per heavy atom. The molecule has 1 aliphatic heterocycles. The Morgan fingerprint density at radius 1 is 1.60 bits per heavy atom. The summed E-state index contributed by atoms with van der Waals surface area (Å²) in [7, 11) is -1.07. The van der Waals surface area contributed by atoms with Crippen LogP contribution in [0, 0.1) is 0 Å². The van der Waals surface area contributed by atoms with Crippen LogP contribution < -0.4 is 0 Å². The molecule has 1 aliphatic rings. The third kappa shape index (κ3) is 2.27. The Morgan fingerprint density at radius 3 is 2.70 bits per heavy atom. The average molecular weight is 193 g/mol. The Kier molecular flexibility index (Phi) is 2.80. The van der Waals surface area contributed by atoms with Crippen molar-refractivity contribution in [2.45, 2.75) is 0 Å². The lowest BCUT2D eigenvalue weighted by Crippen LogP contribution is -2.19. The molecule has 0 atom stereocenters. The van der Waals surface area contributed by atoms with Crippen LogP contribution in [0.25, 0.3) is 0 Å². The predicted octanol–water partition coefficient (Wildman–Crippen LogP) is 0.523. The predicted molar refractivity (Wildman–Crippen MR) is 53.6 cm³/mol. The van der Waals surface area contributed by atoms with E-state index in [-0.39, 0.29) is 0 Å². The van der Waals surface area contributed by atoms with Crippen molar-refractivity contribution in [3.63, 3.8) is 0 Å². The molecule has 1 fully saturated rings. The van der Waals surface area contributed by atoms with Gasteiger partial charge in [-0.25, -0.2) is 0 Å². The molecule has 1 heterocycles. The first-order chi connectivity index (χ1) is 4.64. The molecule has 1 nitrogen and oxygen atoms in total. The third-order valence-electron chi connectivity index (χ3n) is 1.49. The third-order valence-corrected chi connectivity index (χ3v) is 4.68. The molecule has 4 heteroatoms. The van der Waals surface area contributed by atoms with Crippen LogP contribution in [-0.4, -0.2) is 29.6 Å². The molecule has 0 N–H and O–H groups in total. The molecule has 0 bridgehead atoms. The minimum Gasteiger partial charge on any atom is -0.289 e. The highest BCUT2D eigenvalue weighted by molar-refractivity contribution is 8.56. The second-order valence-electron chi connectivity index (χ2n) is 2.44. The molecule has 0 radical (unpaired) electrons. The molecule has 1 rings (SSSR count). The standard InChI is InChI=1S/C6H11NS3/c1-2-3-7-4-5-10(8,9)6-7/h2H,1,3-6H2. The summed E-state index contributed by atoms with van der Waals surface area (Å²) in [5.41, 5.74) is 0. The van der Waals surface area contributed by atoms with Crippen molar-refractivity contribution in [2.75, 3.05) is 24.7 Å². The quantitative estimate of drug-likeness (QED) is 0.589. The van der Waals surface area contributed by atoms with Gasteiger partial charge in [-0.15, -0.1) is 6.58 Å². The first kappa shape index (κ1) is 8.59. The summed E-state index contributed by atoms with van der Waals surface area (Å²) >= 11 is 10.4. The van der Waals surface area contributed by atoms with Crippen molar-refractivity contribution in [3.8, 4) is 0 Å². The molecular weight excluding hydrogens is 182 g/mol. The van der Waals surface area contributed by atoms with Crippen molar-refractivity contribution in [2.24, 2.45) is 0 Å². The topological polar surface area (TPSA) is 3.24 Å². The molecule has 58 valence electrons. The van der Waals surface area contributed by atoms with Gasteiger partial charge in [0.2, 0.25) is 0 Å². The number of hydrogen-bond acceptors (Lipinski definition) is 3. The minimum absolute atomic E-state index is 0.946. The maximum absolute atomic E-state index is 5.22. The van der Waals surface area contributed by atoms with E-state index in [0.29, 0.717) is 0 Å². The molecule has 1 saturated heterocycles. The lowest BCUT2D eigenvalue weighted by atomic mass is 10.5. The summed E-state index contributed by atoms with van der Waals surface area (Å²) in [6.45, 7) is 5.70. The van der Waals surface area contributed by atoms with Gasteiger partial charge in [-0.1, -0.05) is 13.2 Å². The van der Waals surface area contributed by atoms with Gasteiger partial charge in [0.15, 0.2) is 0 Å². The van der Waals surface area contributed by atoms with Crippen LogP contribution in [-0.2, 0) is 29.5 Å². The van der Waals surface area contributed by atoms with E-state index in [2.05, 4.69) is 11.5 Å². The fourth-order valence-electron chi connectivity index (χ4n) is 1.00. The van der Waals surface area contributed by atoms with E-state index in [1.807, 2.05) is 6.08 Å². The zero-order chi connectivity index (χ0) is 7.61. The van der Waals surface area contributed by atoms with Gasteiger partial charge in [0.05, 0.1) is 5.88 Å². The first-order valence-corrected chi connectivity index (χ1v) is 7.00.